The predicted octanol–water partition coefficient (Wildman–Crippen LogP) is 3.79. The number of allylic oxidation sites excluding steroid dienone is 1. The van der Waals surface area contributed by atoms with Gasteiger partial charge in [0.05, 0.1) is 17.4 Å². The maximum atomic E-state index is 12.8. The Morgan fingerprint density at radius 1 is 1.31 bits per heavy atom. The molecule has 0 aliphatic rings. The molecule has 134 valence electrons. The number of aromatic nitrogens is 3. The fourth-order valence-corrected chi connectivity index (χ4v) is 2.35. The molecule has 0 amide bonds. The van der Waals surface area contributed by atoms with Gasteiger partial charge in [0, 0.05) is 18.1 Å². The highest BCUT2D eigenvalue weighted by atomic mass is 19.4. The van der Waals surface area contributed by atoms with Crippen molar-refractivity contribution in [1.29, 1.82) is 0 Å². The van der Waals surface area contributed by atoms with Crippen LogP contribution in [0.15, 0.2) is 53.6 Å². The number of rotatable bonds is 5. The first-order chi connectivity index (χ1) is 12.3. The van der Waals surface area contributed by atoms with Gasteiger partial charge >= 0.3 is 6.18 Å². The molecule has 3 aromatic rings. The van der Waals surface area contributed by atoms with Crippen molar-refractivity contribution in [2.45, 2.75) is 12.6 Å². The number of hydrogen-bond donors (Lipinski definition) is 2. The summed E-state index contributed by atoms with van der Waals surface area (Å²) in [4.78, 5) is 16.0. The number of alkyl halides is 3. The van der Waals surface area contributed by atoms with Gasteiger partial charge in [0.25, 0.3) is 0 Å². The SMILES string of the molecule is O=C(C=C(O)c1nc[nH]n1)c1cocc1Cc1cccc(C(F)(F)F)c1. The molecule has 2 N–H and O–H groups in total. The number of benzene rings is 1. The summed E-state index contributed by atoms with van der Waals surface area (Å²) in [5.41, 5.74) is 0.129. The van der Waals surface area contributed by atoms with E-state index < -0.39 is 23.3 Å². The summed E-state index contributed by atoms with van der Waals surface area (Å²) in [7, 11) is 0. The Morgan fingerprint density at radius 3 is 2.81 bits per heavy atom. The van der Waals surface area contributed by atoms with Crippen LogP contribution in [0.5, 0.6) is 0 Å². The number of ketones is 1. The maximum Gasteiger partial charge on any atom is 0.416 e. The van der Waals surface area contributed by atoms with Crippen molar-refractivity contribution in [2.24, 2.45) is 0 Å². The second-order valence-corrected chi connectivity index (χ2v) is 5.40. The Kier molecular flexibility index (Phi) is 4.61. The lowest BCUT2D eigenvalue weighted by Crippen LogP contribution is -2.06. The van der Waals surface area contributed by atoms with Crippen LogP contribution in [0.1, 0.15) is 32.9 Å². The number of nitrogens with zero attached hydrogens (tertiary/aromatic N) is 2. The van der Waals surface area contributed by atoms with Crippen LogP contribution >= 0.6 is 0 Å². The lowest BCUT2D eigenvalue weighted by atomic mass is 10.00. The minimum absolute atomic E-state index is 0.0544. The molecule has 0 aliphatic carbocycles. The molecule has 0 aliphatic heterocycles. The number of aliphatic hydroxyl groups excluding tert-OH is 1. The zero-order chi connectivity index (χ0) is 18.7. The third-order valence-electron chi connectivity index (χ3n) is 3.57. The molecule has 0 spiro atoms. The van der Waals surface area contributed by atoms with Crippen molar-refractivity contribution in [1.82, 2.24) is 15.2 Å². The van der Waals surface area contributed by atoms with Crippen molar-refractivity contribution >= 4 is 11.5 Å². The molecule has 0 fully saturated rings. The van der Waals surface area contributed by atoms with Crippen LogP contribution in [-0.4, -0.2) is 26.1 Å². The Labute approximate surface area is 145 Å². The summed E-state index contributed by atoms with van der Waals surface area (Å²) in [5, 5.41) is 15.9. The zero-order valence-corrected chi connectivity index (χ0v) is 13.1. The largest absolute Gasteiger partial charge is 0.504 e. The van der Waals surface area contributed by atoms with E-state index in [-0.39, 0.29) is 17.8 Å². The van der Waals surface area contributed by atoms with Gasteiger partial charge in [-0.3, -0.25) is 9.89 Å². The third kappa shape index (κ3) is 3.82. The Bertz CT molecular complexity index is 944. The standard InChI is InChI=1S/C17H12F3N3O3/c18-17(19,20)12-3-1-2-10(5-12)4-11-7-26-8-13(11)14(24)6-15(25)16-21-9-22-23-16/h1-3,5-9,25H,4H2,(H,21,22,23). The number of furan rings is 1. The summed E-state index contributed by atoms with van der Waals surface area (Å²) < 4.78 is 43.4. The minimum atomic E-state index is -4.45. The molecule has 2 aromatic heterocycles. The van der Waals surface area contributed by atoms with E-state index in [1.807, 2.05) is 0 Å². The lowest BCUT2D eigenvalue weighted by molar-refractivity contribution is -0.137. The minimum Gasteiger partial charge on any atom is -0.504 e. The highest BCUT2D eigenvalue weighted by molar-refractivity contribution is 6.08. The van der Waals surface area contributed by atoms with E-state index in [9.17, 15) is 23.1 Å². The summed E-state index contributed by atoms with van der Waals surface area (Å²) in [6.45, 7) is 0. The van der Waals surface area contributed by atoms with Gasteiger partial charge in [0.2, 0.25) is 5.82 Å². The average molecular weight is 363 g/mol. The van der Waals surface area contributed by atoms with Gasteiger partial charge in [-0.1, -0.05) is 18.2 Å². The number of nitrogens with one attached hydrogen (secondary N) is 1. The number of aliphatic hydroxyl groups is 1. The molecular formula is C17H12F3N3O3. The van der Waals surface area contributed by atoms with Crippen LogP contribution in [0.4, 0.5) is 13.2 Å². The Morgan fingerprint density at radius 2 is 2.12 bits per heavy atom. The van der Waals surface area contributed by atoms with E-state index in [2.05, 4.69) is 15.2 Å². The Balaban J connectivity index is 1.83. The van der Waals surface area contributed by atoms with E-state index >= 15 is 0 Å². The second kappa shape index (κ2) is 6.87. The molecule has 6 nitrogen and oxygen atoms in total. The van der Waals surface area contributed by atoms with Crippen molar-refractivity contribution in [3.63, 3.8) is 0 Å². The maximum absolute atomic E-state index is 12.8. The molecule has 0 saturated heterocycles. The summed E-state index contributed by atoms with van der Waals surface area (Å²) in [6.07, 6.45) is 0.232. The zero-order valence-electron chi connectivity index (χ0n) is 13.1. The summed E-state index contributed by atoms with van der Waals surface area (Å²) >= 11 is 0. The molecule has 0 bridgehead atoms. The second-order valence-electron chi connectivity index (χ2n) is 5.40. The third-order valence-corrected chi connectivity index (χ3v) is 3.57. The molecular weight excluding hydrogens is 351 g/mol. The summed E-state index contributed by atoms with van der Waals surface area (Å²) in [5.74, 6) is -1.08. The highest BCUT2D eigenvalue weighted by Crippen LogP contribution is 2.30. The van der Waals surface area contributed by atoms with Gasteiger partial charge < -0.3 is 9.52 Å². The lowest BCUT2D eigenvalue weighted by Gasteiger charge is -2.08. The van der Waals surface area contributed by atoms with E-state index in [1.165, 1.54) is 31.0 Å². The van der Waals surface area contributed by atoms with Crippen molar-refractivity contribution < 1.29 is 27.5 Å². The molecule has 26 heavy (non-hydrogen) atoms. The van der Waals surface area contributed by atoms with Crippen molar-refractivity contribution in [3.8, 4) is 0 Å². The van der Waals surface area contributed by atoms with Crippen LogP contribution < -0.4 is 0 Å². The van der Waals surface area contributed by atoms with Gasteiger partial charge in [0.1, 0.15) is 12.6 Å². The molecule has 1 aromatic carbocycles. The molecule has 9 heteroatoms. The number of carbonyl (C=O) groups is 1. The molecule has 0 radical (unpaired) electrons. The Hall–Kier alpha value is -3.36. The van der Waals surface area contributed by atoms with Crippen LogP contribution in [0.3, 0.4) is 0 Å². The van der Waals surface area contributed by atoms with E-state index in [1.54, 1.807) is 0 Å². The van der Waals surface area contributed by atoms with Gasteiger partial charge in [-0.2, -0.15) is 18.3 Å². The fraction of sp³-hybridized carbons (Fsp3) is 0.118. The van der Waals surface area contributed by atoms with E-state index in [0.29, 0.717) is 11.1 Å². The number of H-pyrrole nitrogens is 1. The van der Waals surface area contributed by atoms with Gasteiger partial charge in [-0.05, 0) is 11.6 Å². The molecule has 2 heterocycles. The number of hydrogen-bond acceptors (Lipinski definition) is 5. The number of halogens is 3. The summed E-state index contributed by atoms with van der Waals surface area (Å²) in [6, 6.07) is 4.82. The highest BCUT2D eigenvalue weighted by Gasteiger charge is 2.30. The number of aromatic amines is 1. The van der Waals surface area contributed by atoms with Gasteiger partial charge in [-0.15, -0.1) is 0 Å². The van der Waals surface area contributed by atoms with Crippen LogP contribution in [-0.2, 0) is 12.6 Å². The van der Waals surface area contributed by atoms with Crippen molar-refractivity contribution in [3.05, 3.63) is 77.3 Å². The molecule has 0 saturated carbocycles. The number of carbonyl (C=O) groups excluding carboxylic acids is 1. The van der Waals surface area contributed by atoms with Gasteiger partial charge in [0.15, 0.2) is 11.5 Å². The fourth-order valence-electron chi connectivity index (χ4n) is 2.35. The molecule has 3 rings (SSSR count). The van der Waals surface area contributed by atoms with E-state index in [0.717, 1.165) is 18.2 Å². The predicted molar refractivity (Wildman–Crippen MR) is 84.3 cm³/mol. The monoisotopic (exact) mass is 363 g/mol. The normalized spacial score (nSPS) is 12.3. The first-order valence-corrected chi connectivity index (χ1v) is 7.37. The first-order valence-electron chi connectivity index (χ1n) is 7.37. The van der Waals surface area contributed by atoms with Crippen molar-refractivity contribution in [2.75, 3.05) is 0 Å². The quantitative estimate of drug-likeness (QED) is 0.409. The van der Waals surface area contributed by atoms with Crippen LogP contribution in [0.2, 0.25) is 0 Å². The first kappa shape index (κ1) is 17.5. The average Bonchev–Trinajstić information content (AvgIpc) is 3.26. The van der Waals surface area contributed by atoms with Crippen LogP contribution in [0.25, 0.3) is 5.76 Å². The van der Waals surface area contributed by atoms with Crippen LogP contribution in [0, 0.1) is 0 Å². The molecule has 0 atom stereocenters. The topological polar surface area (TPSA) is 92.0 Å². The molecule has 0 unspecified atom stereocenters. The smallest absolute Gasteiger partial charge is 0.416 e. The van der Waals surface area contributed by atoms with E-state index in [4.69, 9.17) is 4.42 Å². The van der Waals surface area contributed by atoms with Gasteiger partial charge in [-0.25, -0.2) is 4.98 Å².